The van der Waals surface area contributed by atoms with Gasteiger partial charge in [0.05, 0.1) is 19.0 Å². The SMILES string of the molecule is COOC(=O)CCCn1c2ccccc2c2nc3nonc3nc21. The summed E-state index contributed by atoms with van der Waals surface area (Å²) in [6, 6.07) is 7.85. The van der Waals surface area contributed by atoms with Crippen LogP contribution in [0.1, 0.15) is 12.8 Å². The van der Waals surface area contributed by atoms with Gasteiger partial charge in [0.1, 0.15) is 5.52 Å². The first kappa shape index (κ1) is 14.5. The molecule has 0 unspecified atom stereocenters. The number of nitrogens with zero attached hydrogens (tertiary/aromatic N) is 5. The van der Waals surface area contributed by atoms with Crippen molar-refractivity contribution in [1.82, 2.24) is 24.8 Å². The van der Waals surface area contributed by atoms with E-state index in [9.17, 15) is 4.79 Å². The van der Waals surface area contributed by atoms with Gasteiger partial charge in [0, 0.05) is 11.9 Å². The smallest absolute Gasteiger partial charge is 0.324 e. The van der Waals surface area contributed by atoms with Gasteiger partial charge in [-0.15, -0.1) is 0 Å². The molecule has 0 aliphatic heterocycles. The van der Waals surface area contributed by atoms with Crippen molar-refractivity contribution in [2.45, 2.75) is 19.4 Å². The van der Waals surface area contributed by atoms with Gasteiger partial charge in [-0.3, -0.25) is 4.89 Å². The van der Waals surface area contributed by atoms with E-state index in [-0.39, 0.29) is 6.42 Å². The van der Waals surface area contributed by atoms with Crippen LogP contribution in [0.15, 0.2) is 28.9 Å². The molecular formula is C15H13N5O4. The number of benzene rings is 1. The Bertz CT molecular complexity index is 1040. The summed E-state index contributed by atoms with van der Waals surface area (Å²) in [5, 5.41) is 8.46. The van der Waals surface area contributed by atoms with Crippen LogP contribution in [-0.4, -0.2) is 37.9 Å². The number of carbonyl (C=O) groups is 1. The van der Waals surface area contributed by atoms with Gasteiger partial charge in [-0.1, -0.05) is 18.2 Å². The number of hydrogen-bond donors (Lipinski definition) is 0. The molecule has 0 radical (unpaired) electrons. The lowest BCUT2D eigenvalue weighted by atomic mass is 10.2. The van der Waals surface area contributed by atoms with Crippen molar-refractivity contribution in [1.29, 1.82) is 0 Å². The summed E-state index contributed by atoms with van der Waals surface area (Å²) in [6.45, 7) is 0.578. The number of aromatic nitrogens is 5. The van der Waals surface area contributed by atoms with Gasteiger partial charge in [-0.05, 0) is 22.8 Å². The van der Waals surface area contributed by atoms with Crippen molar-refractivity contribution in [3.05, 3.63) is 24.3 Å². The average Bonchev–Trinajstić information content (AvgIpc) is 3.16. The summed E-state index contributed by atoms with van der Waals surface area (Å²) in [5.41, 5.74) is 3.12. The summed E-state index contributed by atoms with van der Waals surface area (Å²) in [5.74, 6) is -0.410. The zero-order valence-electron chi connectivity index (χ0n) is 12.8. The molecule has 3 aromatic heterocycles. The second kappa shape index (κ2) is 5.85. The largest absolute Gasteiger partial charge is 0.342 e. The molecule has 0 saturated carbocycles. The molecule has 4 rings (SSSR count). The monoisotopic (exact) mass is 327 g/mol. The molecule has 0 amide bonds. The highest BCUT2D eigenvalue weighted by Crippen LogP contribution is 2.27. The summed E-state index contributed by atoms with van der Waals surface area (Å²) in [7, 11) is 1.30. The zero-order chi connectivity index (χ0) is 16.5. The Morgan fingerprint density at radius 3 is 2.83 bits per heavy atom. The molecule has 0 bridgehead atoms. The van der Waals surface area contributed by atoms with E-state index < -0.39 is 5.97 Å². The van der Waals surface area contributed by atoms with E-state index in [1.54, 1.807) is 0 Å². The van der Waals surface area contributed by atoms with Crippen LogP contribution in [0.5, 0.6) is 0 Å². The van der Waals surface area contributed by atoms with Gasteiger partial charge in [0.25, 0.3) is 0 Å². The summed E-state index contributed by atoms with van der Waals surface area (Å²) in [4.78, 5) is 29.3. The summed E-state index contributed by atoms with van der Waals surface area (Å²) in [6.07, 6.45) is 0.815. The maximum absolute atomic E-state index is 11.4. The molecule has 3 heterocycles. The van der Waals surface area contributed by atoms with E-state index in [1.165, 1.54) is 7.11 Å². The molecule has 0 N–H and O–H groups in total. The Hall–Kier alpha value is -3.07. The molecule has 1 aromatic carbocycles. The highest BCUT2D eigenvalue weighted by molar-refractivity contribution is 6.05. The molecule has 0 fully saturated rings. The normalized spacial score (nSPS) is 11.5. The number of para-hydroxylation sites is 1. The van der Waals surface area contributed by atoms with Crippen molar-refractivity contribution in [2.24, 2.45) is 0 Å². The maximum Gasteiger partial charge on any atom is 0.342 e. The molecule has 9 nitrogen and oxygen atoms in total. The average molecular weight is 327 g/mol. The molecule has 0 spiro atoms. The second-order valence-electron chi connectivity index (χ2n) is 5.20. The van der Waals surface area contributed by atoms with Gasteiger partial charge in [-0.25, -0.2) is 19.4 Å². The van der Waals surface area contributed by atoms with E-state index in [0.29, 0.717) is 29.9 Å². The Morgan fingerprint density at radius 1 is 1.21 bits per heavy atom. The molecule has 0 saturated heterocycles. The lowest BCUT2D eigenvalue weighted by Crippen LogP contribution is -2.06. The quantitative estimate of drug-likeness (QED) is 0.405. The third kappa shape index (κ3) is 2.35. The van der Waals surface area contributed by atoms with Crippen molar-refractivity contribution >= 4 is 39.3 Å². The van der Waals surface area contributed by atoms with Crippen LogP contribution in [0.4, 0.5) is 0 Å². The van der Waals surface area contributed by atoms with Crippen LogP contribution in [-0.2, 0) is 21.1 Å². The Balaban J connectivity index is 1.77. The van der Waals surface area contributed by atoms with Gasteiger partial charge in [0.15, 0.2) is 5.65 Å². The predicted molar refractivity (Wildman–Crippen MR) is 82.7 cm³/mol. The molecule has 9 heteroatoms. The molecular weight excluding hydrogens is 314 g/mol. The van der Waals surface area contributed by atoms with Crippen LogP contribution in [0.3, 0.4) is 0 Å². The fourth-order valence-electron chi connectivity index (χ4n) is 2.76. The molecule has 4 aromatic rings. The summed E-state index contributed by atoms with van der Waals surface area (Å²) >= 11 is 0. The van der Waals surface area contributed by atoms with Crippen molar-refractivity contribution in [3.63, 3.8) is 0 Å². The minimum absolute atomic E-state index is 0.239. The Kier molecular flexibility index (Phi) is 3.54. The van der Waals surface area contributed by atoms with Gasteiger partial charge >= 0.3 is 5.97 Å². The topological polar surface area (TPSA) is 105 Å². The lowest BCUT2D eigenvalue weighted by molar-refractivity contribution is -0.255. The van der Waals surface area contributed by atoms with Crippen molar-refractivity contribution in [2.75, 3.05) is 7.11 Å². The Morgan fingerprint density at radius 2 is 2.00 bits per heavy atom. The van der Waals surface area contributed by atoms with E-state index >= 15 is 0 Å². The number of fused-ring (bicyclic) bond motifs is 4. The third-order valence-electron chi connectivity index (χ3n) is 3.74. The minimum atomic E-state index is -0.410. The fourth-order valence-corrected chi connectivity index (χ4v) is 2.76. The highest BCUT2D eigenvalue weighted by Gasteiger charge is 2.16. The lowest BCUT2D eigenvalue weighted by Gasteiger charge is -2.05. The van der Waals surface area contributed by atoms with Crippen molar-refractivity contribution < 1.29 is 19.2 Å². The number of rotatable bonds is 5. The maximum atomic E-state index is 11.4. The first-order valence-corrected chi connectivity index (χ1v) is 7.38. The van der Waals surface area contributed by atoms with Crippen LogP contribution in [0.2, 0.25) is 0 Å². The van der Waals surface area contributed by atoms with Crippen molar-refractivity contribution in [3.8, 4) is 0 Å². The number of carbonyl (C=O) groups excluding carboxylic acids is 1. The third-order valence-corrected chi connectivity index (χ3v) is 3.74. The van der Waals surface area contributed by atoms with Crippen LogP contribution < -0.4 is 0 Å². The number of hydrogen-bond acceptors (Lipinski definition) is 8. The van der Waals surface area contributed by atoms with Crippen LogP contribution in [0.25, 0.3) is 33.4 Å². The van der Waals surface area contributed by atoms with E-state index in [2.05, 4.69) is 34.7 Å². The first-order chi connectivity index (χ1) is 11.8. The van der Waals surface area contributed by atoms with Crippen LogP contribution >= 0.6 is 0 Å². The van der Waals surface area contributed by atoms with Gasteiger partial charge < -0.3 is 4.57 Å². The molecule has 0 aliphatic carbocycles. The number of aryl methyl sites for hydroxylation is 1. The van der Waals surface area contributed by atoms with E-state index in [1.807, 2.05) is 28.8 Å². The highest BCUT2D eigenvalue weighted by atomic mass is 17.2. The van der Waals surface area contributed by atoms with Gasteiger partial charge in [0.2, 0.25) is 11.3 Å². The Labute approximate surface area is 135 Å². The molecule has 0 aliphatic rings. The minimum Gasteiger partial charge on any atom is -0.324 e. The predicted octanol–water partition coefficient (Wildman–Crippen LogP) is 2.01. The first-order valence-electron chi connectivity index (χ1n) is 7.38. The fraction of sp³-hybridized carbons (Fsp3) is 0.267. The molecule has 24 heavy (non-hydrogen) atoms. The summed E-state index contributed by atoms with van der Waals surface area (Å²) < 4.78 is 6.69. The molecule has 0 atom stereocenters. The second-order valence-corrected chi connectivity index (χ2v) is 5.20. The molecule has 122 valence electrons. The van der Waals surface area contributed by atoms with E-state index in [4.69, 9.17) is 0 Å². The van der Waals surface area contributed by atoms with E-state index in [0.717, 1.165) is 16.4 Å². The standard InChI is InChI=1S/C15H13N5O4/c1-22-23-11(21)7-4-8-20-10-6-3-2-5-9(10)12-15(20)17-14-13(16-12)18-24-19-14/h2-3,5-6H,4,7-8H2,1H3. The zero-order valence-corrected chi connectivity index (χ0v) is 12.8. The van der Waals surface area contributed by atoms with Gasteiger partial charge in [-0.2, -0.15) is 4.89 Å². The van der Waals surface area contributed by atoms with Crippen LogP contribution in [0, 0.1) is 0 Å².